The van der Waals surface area contributed by atoms with E-state index in [1.54, 1.807) is 7.11 Å². The fourth-order valence-electron chi connectivity index (χ4n) is 4.07. The number of aliphatic hydroxyl groups is 1. The number of fused-ring (bicyclic) bond motifs is 1. The Labute approximate surface area is 194 Å². The van der Waals surface area contributed by atoms with E-state index in [1.807, 2.05) is 67.6 Å². The number of pyridine rings is 1. The van der Waals surface area contributed by atoms with Crippen molar-refractivity contribution in [1.82, 2.24) is 4.98 Å². The van der Waals surface area contributed by atoms with E-state index in [1.165, 1.54) is 0 Å². The molecule has 0 fully saturated rings. The van der Waals surface area contributed by atoms with Crippen LogP contribution in [0.15, 0.2) is 78.9 Å². The molecule has 1 aromatic heterocycles. The number of methoxy groups -OCH3 is 1. The molecule has 4 heteroatoms. The van der Waals surface area contributed by atoms with E-state index in [0.29, 0.717) is 25.7 Å². The van der Waals surface area contributed by atoms with E-state index in [2.05, 4.69) is 18.2 Å². The number of aliphatic hydroxyl groups excluding tert-OH is 1. The molecule has 1 N–H and O–H groups in total. The summed E-state index contributed by atoms with van der Waals surface area (Å²) in [7, 11) is 1.68. The molecule has 0 radical (unpaired) electrons. The summed E-state index contributed by atoms with van der Waals surface area (Å²) in [5.74, 6) is 0.928. The number of para-hydroxylation sites is 1. The topological polar surface area (TPSA) is 59.4 Å². The third-order valence-electron chi connectivity index (χ3n) is 5.95. The third kappa shape index (κ3) is 5.29. The first kappa shape index (κ1) is 22.7. The van der Waals surface area contributed by atoms with Crippen molar-refractivity contribution in [1.29, 1.82) is 0 Å². The number of rotatable bonds is 9. The molecule has 0 amide bonds. The first-order valence-electron chi connectivity index (χ1n) is 11.4. The van der Waals surface area contributed by atoms with Crippen LogP contribution in [0.5, 0.6) is 5.75 Å². The van der Waals surface area contributed by atoms with E-state index in [9.17, 15) is 9.90 Å². The van der Waals surface area contributed by atoms with Gasteiger partial charge >= 0.3 is 0 Å². The van der Waals surface area contributed by atoms with Crippen molar-refractivity contribution in [2.45, 2.75) is 38.7 Å². The van der Waals surface area contributed by atoms with Gasteiger partial charge in [0.2, 0.25) is 0 Å². The lowest BCUT2D eigenvalue weighted by Gasteiger charge is -2.15. The fraction of sp³-hybridized carbons (Fsp3) is 0.241. The molecule has 0 aliphatic rings. The number of Topliss-reactive ketones (excluding diaryl/α,β-unsaturated/α-hetero) is 1. The predicted octanol–water partition coefficient (Wildman–Crippen LogP) is 6.24. The summed E-state index contributed by atoms with van der Waals surface area (Å²) in [6.45, 7) is 1.93. The van der Waals surface area contributed by atoms with Crippen LogP contribution in [-0.4, -0.2) is 29.1 Å². The average Bonchev–Trinajstić information content (AvgIpc) is 2.86. The highest BCUT2D eigenvalue weighted by molar-refractivity contribution is 5.93. The minimum atomic E-state index is -0.408. The zero-order chi connectivity index (χ0) is 23.2. The van der Waals surface area contributed by atoms with Crippen LogP contribution in [0.2, 0.25) is 0 Å². The lowest BCUT2D eigenvalue weighted by molar-refractivity contribution is -0.119. The smallest absolute Gasteiger partial charge is 0.137 e. The maximum atomic E-state index is 12.4. The lowest BCUT2D eigenvalue weighted by atomic mass is 9.95. The number of ether oxygens (including phenoxy) is 1. The predicted molar refractivity (Wildman–Crippen MR) is 133 cm³/mol. The number of hydrogen-bond donors (Lipinski definition) is 1. The van der Waals surface area contributed by atoms with Crippen LogP contribution >= 0.6 is 0 Å². The SMILES string of the molecule is CCC(O)CCC(=O)Cc1ccc2nc(-c3ccccc3)c(-c3ccccc3OC)cc2c1. The molecule has 4 nitrogen and oxygen atoms in total. The molecule has 0 aliphatic heterocycles. The van der Waals surface area contributed by atoms with Crippen LogP contribution in [0.4, 0.5) is 0 Å². The van der Waals surface area contributed by atoms with E-state index in [-0.39, 0.29) is 5.78 Å². The average molecular weight is 440 g/mol. The quantitative estimate of drug-likeness (QED) is 0.335. The van der Waals surface area contributed by atoms with Crippen molar-refractivity contribution in [3.05, 3.63) is 84.4 Å². The van der Waals surface area contributed by atoms with Crippen LogP contribution in [0.1, 0.15) is 31.7 Å². The molecule has 1 heterocycles. The van der Waals surface area contributed by atoms with Gasteiger partial charge in [-0.05, 0) is 42.7 Å². The summed E-state index contributed by atoms with van der Waals surface area (Å²) >= 11 is 0. The van der Waals surface area contributed by atoms with Gasteiger partial charge in [-0.2, -0.15) is 0 Å². The molecule has 0 saturated carbocycles. The van der Waals surface area contributed by atoms with Crippen molar-refractivity contribution in [2.24, 2.45) is 0 Å². The first-order chi connectivity index (χ1) is 16.1. The summed E-state index contributed by atoms with van der Waals surface area (Å²) in [6, 6.07) is 26.2. The second kappa shape index (κ2) is 10.4. The summed E-state index contributed by atoms with van der Waals surface area (Å²) in [5, 5.41) is 10.7. The molecule has 4 rings (SSSR count). The van der Waals surface area contributed by atoms with Crippen molar-refractivity contribution in [3.8, 4) is 28.1 Å². The molecule has 3 aromatic carbocycles. The molecule has 1 unspecified atom stereocenters. The number of aromatic nitrogens is 1. The van der Waals surface area contributed by atoms with Crippen LogP contribution in [-0.2, 0) is 11.2 Å². The lowest BCUT2D eigenvalue weighted by Crippen LogP contribution is -2.10. The fourth-order valence-corrected chi connectivity index (χ4v) is 4.07. The van der Waals surface area contributed by atoms with Crippen LogP contribution in [0, 0.1) is 0 Å². The minimum absolute atomic E-state index is 0.140. The number of benzene rings is 3. The van der Waals surface area contributed by atoms with Gasteiger partial charge in [0.15, 0.2) is 0 Å². The van der Waals surface area contributed by atoms with Crippen LogP contribution in [0.25, 0.3) is 33.3 Å². The van der Waals surface area contributed by atoms with Gasteiger partial charge in [-0.15, -0.1) is 0 Å². The molecule has 0 bridgehead atoms. The highest BCUT2D eigenvalue weighted by atomic mass is 16.5. The highest BCUT2D eigenvalue weighted by Gasteiger charge is 2.15. The molecule has 4 aromatic rings. The third-order valence-corrected chi connectivity index (χ3v) is 5.95. The van der Waals surface area contributed by atoms with E-state index >= 15 is 0 Å². The number of carbonyl (C=O) groups is 1. The van der Waals surface area contributed by atoms with Crippen molar-refractivity contribution in [2.75, 3.05) is 7.11 Å². The van der Waals surface area contributed by atoms with Gasteiger partial charge in [0.05, 0.1) is 24.4 Å². The van der Waals surface area contributed by atoms with E-state index < -0.39 is 6.10 Å². The first-order valence-corrected chi connectivity index (χ1v) is 11.4. The molecule has 0 aliphatic carbocycles. The highest BCUT2D eigenvalue weighted by Crippen LogP contribution is 2.38. The number of ketones is 1. The van der Waals surface area contributed by atoms with Gasteiger partial charge in [-0.3, -0.25) is 4.79 Å². The monoisotopic (exact) mass is 439 g/mol. The maximum absolute atomic E-state index is 12.4. The molecule has 33 heavy (non-hydrogen) atoms. The van der Waals surface area contributed by atoms with Crippen molar-refractivity contribution in [3.63, 3.8) is 0 Å². The number of carbonyl (C=O) groups excluding carboxylic acids is 1. The Balaban J connectivity index is 1.76. The molecule has 0 spiro atoms. The number of nitrogens with zero attached hydrogens (tertiary/aromatic N) is 1. The largest absolute Gasteiger partial charge is 0.496 e. The van der Waals surface area contributed by atoms with Gasteiger partial charge in [0.1, 0.15) is 11.5 Å². The summed E-state index contributed by atoms with van der Waals surface area (Å²) < 4.78 is 5.64. The Kier molecular flexibility index (Phi) is 7.16. The van der Waals surface area contributed by atoms with Gasteiger partial charge in [-0.25, -0.2) is 4.98 Å². The van der Waals surface area contributed by atoms with E-state index in [0.717, 1.165) is 44.6 Å². The molecule has 1 atom stereocenters. The van der Waals surface area contributed by atoms with Gasteiger partial charge in [0.25, 0.3) is 0 Å². The standard InChI is InChI=1S/C29H29NO3/c1-3-23(31)14-15-24(32)18-20-13-16-27-22(17-20)19-26(25-11-7-8-12-28(25)33-2)29(30-27)21-9-5-4-6-10-21/h4-13,16-17,19,23,31H,3,14-15,18H2,1-2H3. The van der Waals surface area contributed by atoms with Crippen LogP contribution < -0.4 is 4.74 Å². The van der Waals surface area contributed by atoms with Gasteiger partial charge < -0.3 is 9.84 Å². The zero-order valence-electron chi connectivity index (χ0n) is 19.1. The Hall–Kier alpha value is -3.50. The van der Waals surface area contributed by atoms with Gasteiger partial charge in [-0.1, -0.05) is 61.5 Å². The summed E-state index contributed by atoms with van der Waals surface area (Å²) in [6.07, 6.45) is 1.53. The second-order valence-corrected chi connectivity index (χ2v) is 8.29. The summed E-state index contributed by atoms with van der Waals surface area (Å²) in [5.41, 5.74) is 5.73. The van der Waals surface area contributed by atoms with Crippen LogP contribution in [0.3, 0.4) is 0 Å². The molecule has 0 saturated heterocycles. The Bertz CT molecular complexity index is 1250. The van der Waals surface area contributed by atoms with E-state index in [4.69, 9.17) is 9.72 Å². The maximum Gasteiger partial charge on any atom is 0.137 e. The van der Waals surface area contributed by atoms with Crippen molar-refractivity contribution >= 4 is 16.7 Å². The van der Waals surface area contributed by atoms with Gasteiger partial charge in [0, 0.05) is 34.9 Å². The molecular formula is C29H29NO3. The number of hydrogen-bond acceptors (Lipinski definition) is 4. The normalized spacial score (nSPS) is 12.0. The second-order valence-electron chi connectivity index (χ2n) is 8.29. The minimum Gasteiger partial charge on any atom is -0.496 e. The Morgan fingerprint density at radius 2 is 1.73 bits per heavy atom. The Morgan fingerprint density at radius 3 is 2.48 bits per heavy atom. The zero-order valence-corrected chi connectivity index (χ0v) is 19.1. The molecular weight excluding hydrogens is 410 g/mol. The molecule has 168 valence electrons. The van der Waals surface area contributed by atoms with Crippen molar-refractivity contribution < 1.29 is 14.6 Å². The summed E-state index contributed by atoms with van der Waals surface area (Å²) in [4.78, 5) is 17.5. The Morgan fingerprint density at radius 1 is 0.970 bits per heavy atom.